The second kappa shape index (κ2) is 11.3. The summed E-state index contributed by atoms with van der Waals surface area (Å²) in [5, 5.41) is 9.39. The Balaban J connectivity index is 1.26. The molecule has 1 saturated heterocycles. The fourth-order valence-electron chi connectivity index (χ4n) is 5.67. The van der Waals surface area contributed by atoms with Crippen molar-refractivity contribution >= 4 is 5.69 Å². The van der Waals surface area contributed by atoms with E-state index in [-0.39, 0.29) is 0 Å². The molecule has 1 spiro atoms. The minimum atomic E-state index is 0.353. The van der Waals surface area contributed by atoms with Gasteiger partial charge in [0, 0.05) is 37.0 Å². The molecule has 0 unspecified atom stereocenters. The molecule has 1 aromatic heterocycles. The van der Waals surface area contributed by atoms with Crippen LogP contribution in [0.3, 0.4) is 0 Å². The van der Waals surface area contributed by atoms with Crippen molar-refractivity contribution < 1.29 is 14.6 Å². The Hall–Kier alpha value is -3.05. The molecule has 0 bridgehead atoms. The van der Waals surface area contributed by atoms with E-state index in [9.17, 15) is 5.11 Å². The highest BCUT2D eigenvalue weighted by Gasteiger charge is 2.45. The van der Waals surface area contributed by atoms with Gasteiger partial charge in [-0.05, 0) is 72.8 Å². The fourth-order valence-corrected chi connectivity index (χ4v) is 5.67. The summed E-state index contributed by atoms with van der Waals surface area (Å²) in [5.41, 5.74) is 4.97. The van der Waals surface area contributed by atoms with Crippen LogP contribution >= 0.6 is 0 Å². The van der Waals surface area contributed by atoms with Crippen LogP contribution in [0.2, 0.25) is 0 Å². The summed E-state index contributed by atoms with van der Waals surface area (Å²) in [6.45, 7) is 5.83. The molecule has 5 rings (SSSR count). The number of rotatable bonds is 10. The first kappa shape index (κ1) is 24.6. The maximum Gasteiger partial charge on any atom is 0.224 e. The number of aliphatic hydroxyl groups is 1. The first-order chi connectivity index (χ1) is 17.7. The van der Waals surface area contributed by atoms with E-state index in [2.05, 4.69) is 54.3 Å². The average molecular weight is 487 g/mol. The quantitative estimate of drug-likeness (QED) is 0.332. The number of anilines is 1. The van der Waals surface area contributed by atoms with E-state index in [1.165, 1.54) is 31.4 Å². The van der Waals surface area contributed by atoms with Gasteiger partial charge < -0.3 is 19.5 Å². The van der Waals surface area contributed by atoms with Crippen LogP contribution in [0, 0.1) is 11.3 Å². The van der Waals surface area contributed by atoms with Gasteiger partial charge in [-0.2, -0.15) is 4.98 Å². The van der Waals surface area contributed by atoms with E-state index in [1.54, 1.807) is 0 Å². The number of aliphatic hydroxyl groups excluding tert-OH is 1. The summed E-state index contributed by atoms with van der Waals surface area (Å²) in [5.74, 6) is 1.74. The Bertz CT molecular complexity index is 1100. The molecule has 0 amide bonds. The lowest BCUT2D eigenvalue weighted by Crippen LogP contribution is -2.48. The molecule has 3 aromatic rings. The van der Waals surface area contributed by atoms with Gasteiger partial charge in [0.25, 0.3) is 0 Å². The summed E-state index contributed by atoms with van der Waals surface area (Å²) < 4.78 is 12.1. The second-order valence-electron chi connectivity index (χ2n) is 10.5. The van der Waals surface area contributed by atoms with Gasteiger partial charge in [0.05, 0.1) is 6.61 Å². The lowest BCUT2D eigenvalue weighted by atomic mass is 9.58. The topological polar surface area (TPSA) is 54.8 Å². The molecule has 2 aliphatic rings. The van der Waals surface area contributed by atoms with E-state index >= 15 is 0 Å². The van der Waals surface area contributed by atoms with Crippen molar-refractivity contribution in [2.24, 2.45) is 11.3 Å². The molecule has 190 valence electrons. The maximum absolute atomic E-state index is 9.39. The largest absolute Gasteiger partial charge is 0.477 e. The van der Waals surface area contributed by atoms with Crippen LogP contribution in [0.4, 0.5) is 5.69 Å². The molecule has 5 heteroatoms. The molecular formula is C31H38N2O3. The van der Waals surface area contributed by atoms with Crippen LogP contribution in [-0.4, -0.2) is 36.4 Å². The number of benzene rings is 2. The van der Waals surface area contributed by atoms with Crippen LogP contribution in [-0.2, 0) is 6.61 Å². The maximum atomic E-state index is 9.39. The monoisotopic (exact) mass is 486 g/mol. The number of hydrogen-bond acceptors (Lipinski definition) is 5. The Labute approximate surface area is 215 Å². The Morgan fingerprint density at radius 2 is 1.69 bits per heavy atom. The third-order valence-corrected chi connectivity index (χ3v) is 7.87. The van der Waals surface area contributed by atoms with Crippen molar-refractivity contribution in [3.8, 4) is 22.9 Å². The molecule has 2 aromatic carbocycles. The van der Waals surface area contributed by atoms with Crippen LogP contribution in [0.1, 0.15) is 51.0 Å². The van der Waals surface area contributed by atoms with Crippen molar-refractivity contribution in [3.05, 3.63) is 72.3 Å². The highest BCUT2D eigenvalue weighted by molar-refractivity contribution is 5.71. The second-order valence-corrected chi connectivity index (χ2v) is 10.5. The molecule has 1 aliphatic carbocycles. The smallest absolute Gasteiger partial charge is 0.224 e. The van der Waals surface area contributed by atoms with E-state index in [0.717, 1.165) is 42.6 Å². The highest BCUT2D eigenvalue weighted by Crippen LogP contribution is 2.52. The summed E-state index contributed by atoms with van der Waals surface area (Å²) in [7, 11) is 0. The van der Waals surface area contributed by atoms with Gasteiger partial charge in [-0.25, -0.2) is 0 Å². The zero-order valence-corrected chi connectivity index (χ0v) is 21.4. The number of hydrogen-bond donors (Lipinski definition) is 1. The SMILES string of the molecule is CCCCOc1nc(OCc2ccccc2)ccc1-c1ccc(N2CCC3(CC2)CC(CO)C3)cc1. The summed E-state index contributed by atoms with van der Waals surface area (Å²) in [4.78, 5) is 7.22. The summed E-state index contributed by atoms with van der Waals surface area (Å²) in [6.07, 6.45) is 6.94. The number of piperidine rings is 1. The molecular weight excluding hydrogens is 448 g/mol. The summed E-state index contributed by atoms with van der Waals surface area (Å²) >= 11 is 0. The van der Waals surface area contributed by atoms with Crippen molar-refractivity contribution in [1.82, 2.24) is 4.98 Å². The Morgan fingerprint density at radius 3 is 2.39 bits per heavy atom. The molecule has 0 atom stereocenters. The minimum absolute atomic E-state index is 0.353. The molecule has 36 heavy (non-hydrogen) atoms. The number of nitrogens with zero attached hydrogens (tertiary/aromatic N) is 2. The molecule has 2 fully saturated rings. The molecule has 1 saturated carbocycles. The zero-order valence-electron chi connectivity index (χ0n) is 21.4. The van der Waals surface area contributed by atoms with Crippen LogP contribution < -0.4 is 14.4 Å². The predicted octanol–water partition coefficient (Wildman–Crippen LogP) is 6.50. The number of pyridine rings is 1. The van der Waals surface area contributed by atoms with Crippen LogP contribution in [0.25, 0.3) is 11.1 Å². The zero-order chi connectivity index (χ0) is 24.8. The van der Waals surface area contributed by atoms with Crippen molar-refractivity contribution in [3.63, 3.8) is 0 Å². The molecule has 1 aliphatic heterocycles. The van der Waals surface area contributed by atoms with E-state index in [0.29, 0.717) is 42.9 Å². The van der Waals surface area contributed by atoms with Gasteiger partial charge in [-0.3, -0.25) is 0 Å². The number of aromatic nitrogens is 1. The number of ether oxygens (including phenoxy) is 2. The third kappa shape index (κ3) is 5.67. The molecule has 2 heterocycles. The first-order valence-corrected chi connectivity index (χ1v) is 13.4. The van der Waals surface area contributed by atoms with Crippen molar-refractivity contribution in [1.29, 1.82) is 0 Å². The standard InChI is InChI=1S/C31H38N2O3/c1-2-3-19-35-30-28(13-14-29(32-30)36-23-24-7-5-4-6-8-24)26-9-11-27(12-10-26)33-17-15-31(16-18-33)20-25(21-31)22-34/h4-14,25,34H,2-3,15-23H2,1H3. The van der Waals surface area contributed by atoms with Gasteiger partial charge in [0.15, 0.2) is 0 Å². The Morgan fingerprint density at radius 1 is 0.944 bits per heavy atom. The normalized spacial score (nSPS) is 17.1. The fraction of sp³-hybridized carbons (Fsp3) is 0.452. The highest BCUT2D eigenvalue weighted by atomic mass is 16.5. The van der Waals surface area contributed by atoms with Crippen molar-refractivity contribution in [2.75, 3.05) is 31.2 Å². The lowest BCUT2D eigenvalue weighted by Gasteiger charge is -2.52. The average Bonchev–Trinajstić information content (AvgIpc) is 2.91. The van der Waals surface area contributed by atoms with E-state index in [1.807, 2.05) is 24.3 Å². The van der Waals surface area contributed by atoms with Gasteiger partial charge in [0.1, 0.15) is 6.61 Å². The minimum Gasteiger partial charge on any atom is -0.477 e. The molecule has 5 nitrogen and oxygen atoms in total. The lowest BCUT2D eigenvalue weighted by molar-refractivity contribution is -0.00297. The van der Waals surface area contributed by atoms with Crippen LogP contribution in [0.5, 0.6) is 11.8 Å². The van der Waals surface area contributed by atoms with Gasteiger partial charge in [0.2, 0.25) is 11.8 Å². The van der Waals surface area contributed by atoms with Gasteiger partial charge in [-0.1, -0.05) is 55.8 Å². The molecule has 0 radical (unpaired) electrons. The first-order valence-electron chi connectivity index (χ1n) is 13.4. The predicted molar refractivity (Wildman–Crippen MR) is 145 cm³/mol. The third-order valence-electron chi connectivity index (χ3n) is 7.87. The van der Waals surface area contributed by atoms with Gasteiger partial charge in [-0.15, -0.1) is 0 Å². The van der Waals surface area contributed by atoms with Crippen LogP contribution in [0.15, 0.2) is 66.7 Å². The van der Waals surface area contributed by atoms with Gasteiger partial charge >= 0.3 is 0 Å². The number of unbranched alkanes of at least 4 members (excludes halogenated alkanes) is 1. The molecule has 1 N–H and O–H groups in total. The van der Waals surface area contributed by atoms with Crippen molar-refractivity contribution in [2.45, 2.75) is 52.1 Å². The Kier molecular flexibility index (Phi) is 7.76. The summed E-state index contributed by atoms with van der Waals surface area (Å²) in [6, 6.07) is 22.9. The van der Waals surface area contributed by atoms with E-state index in [4.69, 9.17) is 14.5 Å². The van der Waals surface area contributed by atoms with E-state index < -0.39 is 0 Å².